The van der Waals surface area contributed by atoms with Gasteiger partial charge in [0.2, 0.25) is 11.8 Å². The molecule has 1 aliphatic heterocycles. The highest BCUT2D eigenvalue weighted by Gasteiger charge is 2.19. The first kappa shape index (κ1) is 24.6. The number of benzene rings is 1. The molecule has 10 nitrogen and oxygen atoms in total. The Labute approximate surface area is 210 Å². The Kier molecular flexibility index (Phi) is 8.05. The Hall–Kier alpha value is -4.49. The molecule has 1 aromatic carbocycles. The Morgan fingerprint density at radius 3 is 2.81 bits per heavy atom. The molecule has 1 aliphatic rings. The molecule has 1 fully saturated rings. The third-order valence-corrected chi connectivity index (χ3v) is 5.61. The van der Waals surface area contributed by atoms with Gasteiger partial charge in [0.05, 0.1) is 11.6 Å². The number of nitrogens with zero attached hydrogens (tertiary/aromatic N) is 5. The fourth-order valence-corrected chi connectivity index (χ4v) is 3.70. The van der Waals surface area contributed by atoms with E-state index in [0.717, 1.165) is 25.9 Å². The fraction of sp³-hybridized carbons (Fsp3) is 0.269. The molecule has 10 heteroatoms. The first-order valence-corrected chi connectivity index (χ1v) is 11.7. The van der Waals surface area contributed by atoms with Gasteiger partial charge in [0.15, 0.2) is 0 Å². The number of likely N-dealkylation sites (tertiary alicyclic amines) is 1. The van der Waals surface area contributed by atoms with Crippen molar-refractivity contribution in [1.29, 1.82) is 5.26 Å². The lowest BCUT2D eigenvalue weighted by atomic mass is 10.1. The number of rotatable bonds is 9. The third kappa shape index (κ3) is 6.55. The quantitative estimate of drug-likeness (QED) is 0.390. The summed E-state index contributed by atoms with van der Waals surface area (Å²) in [5.41, 5.74) is 1.40. The van der Waals surface area contributed by atoms with Crippen LogP contribution in [0, 0.1) is 11.3 Å². The summed E-state index contributed by atoms with van der Waals surface area (Å²) in [6.07, 6.45) is 5.02. The van der Waals surface area contributed by atoms with Gasteiger partial charge in [-0.25, -0.2) is 4.98 Å². The zero-order chi connectivity index (χ0) is 25.3. The van der Waals surface area contributed by atoms with Gasteiger partial charge in [0.1, 0.15) is 23.3 Å². The highest BCUT2D eigenvalue weighted by molar-refractivity contribution is 5.99. The minimum atomic E-state index is -0.353. The van der Waals surface area contributed by atoms with Gasteiger partial charge in [-0.3, -0.25) is 4.79 Å². The number of carbonyl (C=O) groups is 1. The van der Waals surface area contributed by atoms with E-state index in [9.17, 15) is 4.79 Å². The van der Waals surface area contributed by atoms with Crippen LogP contribution in [0.3, 0.4) is 0 Å². The SMILES string of the molecule is C=CCNC(=O)c1cnc(Nc2cccc(C#N)c2)nc1Nc1cccc(OC2CCN(C)CC2)n1. The molecule has 1 amide bonds. The van der Waals surface area contributed by atoms with Gasteiger partial charge in [0, 0.05) is 37.6 Å². The van der Waals surface area contributed by atoms with Gasteiger partial charge in [-0.05, 0) is 44.2 Å². The number of hydrogen-bond acceptors (Lipinski definition) is 9. The molecule has 0 radical (unpaired) electrons. The third-order valence-electron chi connectivity index (χ3n) is 5.61. The van der Waals surface area contributed by atoms with Gasteiger partial charge < -0.3 is 25.6 Å². The van der Waals surface area contributed by atoms with Crippen LogP contribution in [0.4, 0.5) is 23.3 Å². The van der Waals surface area contributed by atoms with Crippen molar-refractivity contribution in [2.75, 3.05) is 37.3 Å². The van der Waals surface area contributed by atoms with Gasteiger partial charge in [-0.2, -0.15) is 15.2 Å². The number of carbonyl (C=O) groups excluding carboxylic acids is 1. The highest BCUT2D eigenvalue weighted by Crippen LogP contribution is 2.23. The number of nitrogens with one attached hydrogen (secondary N) is 3. The number of amides is 1. The van der Waals surface area contributed by atoms with Crippen LogP contribution in [0.5, 0.6) is 5.88 Å². The van der Waals surface area contributed by atoms with Crippen molar-refractivity contribution >= 4 is 29.2 Å². The van der Waals surface area contributed by atoms with E-state index in [-0.39, 0.29) is 29.3 Å². The molecule has 4 rings (SSSR count). The molecule has 2 aromatic heterocycles. The Bertz CT molecular complexity index is 1260. The van der Waals surface area contributed by atoms with Crippen molar-refractivity contribution in [3.63, 3.8) is 0 Å². The summed E-state index contributed by atoms with van der Waals surface area (Å²) in [4.78, 5) is 28.4. The lowest BCUT2D eigenvalue weighted by Gasteiger charge is -2.29. The number of ether oxygens (including phenoxy) is 1. The molecule has 0 spiro atoms. The molecule has 0 bridgehead atoms. The van der Waals surface area contributed by atoms with E-state index < -0.39 is 0 Å². The number of hydrogen-bond donors (Lipinski definition) is 3. The second kappa shape index (κ2) is 11.8. The summed E-state index contributed by atoms with van der Waals surface area (Å²) in [7, 11) is 2.10. The summed E-state index contributed by atoms with van der Waals surface area (Å²) in [6, 6.07) is 14.5. The van der Waals surface area contributed by atoms with Crippen molar-refractivity contribution in [3.8, 4) is 11.9 Å². The van der Waals surface area contributed by atoms with E-state index in [1.165, 1.54) is 6.20 Å². The van der Waals surface area contributed by atoms with Gasteiger partial charge >= 0.3 is 0 Å². The first-order chi connectivity index (χ1) is 17.5. The summed E-state index contributed by atoms with van der Waals surface area (Å²) in [6.45, 7) is 5.91. The first-order valence-electron chi connectivity index (χ1n) is 11.7. The maximum atomic E-state index is 12.7. The van der Waals surface area contributed by atoms with E-state index >= 15 is 0 Å². The number of aromatic nitrogens is 3. The van der Waals surface area contributed by atoms with E-state index in [1.54, 1.807) is 36.4 Å². The van der Waals surface area contributed by atoms with Crippen molar-refractivity contribution < 1.29 is 9.53 Å². The Morgan fingerprint density at radius 1 is 1.22 bits per heavy atom. The second-order valence-electron chi connectivity index (χ2n) is 8.38. The van der Waals surface area contributed by atoms with Gasteiger partial charge in [-0.15, -0.1) is 6.58 Å². The number of anilines is 4. The number of pyridine rings is 1. The van der Waals surface area contributed by atoms with Crippen LogP contribution < -0.4 is 20.7 Å². The molecular weight excluding hydrogens is 456 g/mol. The molecule has 184 valence electrons. The largest absolute Gasteiger partial charge is 0.474 e. The van der Waals surface area contributed by atoms with Crippen LogP contribution >= 0.6 is 0 Å². The van der Waals surface area contributed by atoms with Crippen molar-refractivity contribution in [2.24, 2.45) is 0 Å². The number of piperidine rings is 1. The summed E-state index contributed by atoms with van der Waals surface area (Å²) in [5, 5.41) is 18.1. The van der Waals surface area contributed by atoms with Crippen molar-refractivity contribution in [1.82, 2.24) is 25.2 Å². The zero-order valence-electron chi connectivity index (χ0n) is 20.1. The predicted octanol–water partition coefficient (Wildman–Crippen LogP) is 3.62. The highest BCUT2D eigenvalue weighted by atomic mass is 16.5. The smallest absolute Gasteiger partial charge is 0.256 e. The monoisotopic (exact) mass is 484 g/mol. The Balaban J connectivity index is 1.57. The minimum absolute atomic E-state index is 0.114. The van der Waals surface area contributed by atoms with Crippen molar-refractivity contribution in [3.05, 3.63) is 72.4 Å². The van der Waals surface area contributed by atoms with Gasteiger partial charge in [0.25, 0.3) is 5.91 Å². The van der Waals surface area contributed by atoms with Crippen LogP contribution in [-0.2, 0) is 0 Å². The molecular formula is C26H28N8O2. The van der Waals surface area contributed by atoms with E-state index in [1.807, 2.05) is 12.1 Å². The van der Waals surface area contributed by atoms with Gasteiger partial charge in [-0.1, -0.05) is 18.2 Å². The molecule has 3 N–H and O–H groups in total. The fourth-order valence-electron chi connectivity index (χ4n) is 3.70. The Morgan fingerprint density at radius 2 is 2.03 bits per heavy atom. The molecule has 0 saturated carbocycles. The van der Waals surface area contributed by atoms with Crippen LogP contribution in [0.15, 0.2) is 61.3 Å². The van der Waals surface area contributed by atoms with Crippen molar-refractivity contribution in [2.45, 2.75) is 18.9 Å². The molecule has 0 atom stereocenters. The standard InChI is InChI=1S/C26H28N8O2/c1-3-12-28-25(35)21-17-29-26(30-19-7-4-6-18(15-19)16-27)33-24(21)32-22-8-5-9-23(31-22)36-20-10-13-34(2)14-11-20/h3-9,15,17,20H,1,10-14H2,2H3,(H,28,35)(H2,29,30,31,32,33). The summed E-state index contributed by atoms with van der Waals surface area (Å²) >= 11 is 0. The predicted molar refractivity (Wildman–Crippen MR) is 138 cm³/mol. The number of nitriles is 1. The zero-order valence-corrected chi connectivity index (χ0v) is 20.1. The van der Waals surface area contributed by atoms with Crippen LogP contribution in [0.25, 0.3) is 0 Å². The van der Waals surface area contributed by atoms with Crippen LogP contribution in [0.2, 0.25) is 0 Å². The topological polar surface area (TPSA) is 128 Å². The maximum Gasteiger partial charge on any atom is 0.256 e. The van der Waals surface area contributed by atoms with Crippen LogP contribution in [-0.4, -0.2) is 58.5 Å². The lowest BCUT2D eigenvalue weighted by Crippen LogP contribution is -2.35. The minimum Gasteiger partial charge on any atom is -0.474 e. The lowest BCUT2D eigenvalue weighted by molar-refractivity contribution is 0.0958. The molecule has 0 unspecified atom stereocenters. The molecule has 1 saturated heterocycles. The van der Waals surface area contributed by atoms with Crippen LogP contribution in [0.1, 0.15) is 28.8 Å². The van der Waals surface area contributed by atoms with E-state index in [4.69, 9.17) is 10.00 Å². The normalized spacial score (nSPS) is 13.9. The average Bonchev–Trinajstić information content (AvgIpc) is 2.89. The van der Waals surface area contributed by atoms with E-state index in [0.29, 0.717) is 29.5 Å². The summed E-state index contributed by atoms with van der Waals surface area (Å²) < 4.78 is 6.10. The molecule has 3 aromatic rings. The maximum absolute atomic E-state index is 12.7. The second-order valence-corrected chi connectivity index (χ2v) is 8.38. The molecule has 36 heavy (non-hydrogen) atoms. The molecule has 0 aliphatic carbocycles. The van der Waals surface area contributed by atoms with E-state index in [2.05, 4.69) is 55.5 Å². The average molecular weight is 485 g/mol. The summed E-state index contributed by atoms with van der Waals surface area (Å²) in [5.74, 6) is 1.16. The molecule has 3 heterocycles.